The number of piperidine rings is 1. The third kappa shape index (κ3) is 3.91. The van der Waals surface area contributed by atoms with E-state index in [9.17, 15) is 4.79 Å². The van der Waals surface area contributed by atoms with Crippen LogP contribution in [-0.4, -0.2) is 30.0 Å². The van der Waals surface area contributed by atoms with Crippen LogP contribution >= 0.6 is 0 Å². The summed E-state index contributed by atoms with van der Waals surface area (Å²) in [4.78, 5) is 14.7. The maximum Gasteiger partial charge on any atom is 0.227 e. The highest BCUT2D eigenvalue weighted by Gasteiger charge is 2.24. The Hall–Kier alpha value is -2.75. The fourth-order valence-electron chi connectivity index (χ4n) is 3.80. The molecule has 0 N–H and O–H groups in total. The Morgan fingerprint density at radius 2 is 1.86 bits per heavy atom. The molecule has 28 heavy (non-hydrogen) atoms. The minimum absolute atomic E-state index is 0.160. The summed E-state index contributed by atoms with van der Waals surface area (Å²) in [6.07, 6.45) is 4.01. The lowest BCUT2D eigenvalue weighted by atomic mass is 10.0. The number of fused-ring (bicyclic) bond motifs is 1. The van der Waals surface area contributed by atoms with Crippen LogP contribution in [0.25, 0.3) is 11.0 Å². The summed E-state index contributed by atoms with van der Waals surface area (Å²) in [5.41, 5.74) is 5.49. The van der Waals surface area contributed by atoms with Gasteiger partial charge in [0, 0.05) is 36.9 Å². The number of furan rings is 1. The molecular weight excluding hydrogens is 350 g/mol. The lowest BCUT2D eigenvalue weighted by Gasteiger charge is -2.32. The molecule has 0 unspecified atom stereocenters. The van der Waals surface area contributed by atoms with Crippen LogP contribution in [0.1, 0.15) is 35.1 Å². The number of hydrogen-bond acceptors (Lipinski definition) is 3. The Morgan fingerprint density at radius 1 is 1.07 bits per heavy atom. The third-order valence-electron chi connectivity index (χ3n) is 5.73. The number of carbonyl (C=O) groups is 1. The van der Waals surface area contributed by atoms with Crippen molar-refractivity contribution in [1.82, 2.24) is 4.90 Å². The number of likely N-dealkylation sites (tertiary alicyclic amines) is 1. The van der Waals surface area contributed by atoms with Crippen LogP contribution in [0, 0.1) is 20.8 Å². The quantitative estimate of drug-likeness (QED) is 0.645. The summed E-state index contributed by atoms with van der Waals surface area (Å²) in [7, 11) is 0. The summed E-state index contributed by atoms with van der Waals surface area (Å²) in [5.74, 6) is 1.08. The average molecular weight is 377 g/mol. The zero-order valence-corrected chi connectivity index (χ0v) is 16.8. The van der Waals surface area contributed by atoms with Gasteiger partial charge < -0.3 is 14.1 Å². The molecule has 4 rings (SSSR count). The van der Waals surface area contributed by atoms with Crippen LogP contribution < -0.4 is 4.74 Å². The van der Waals surface area contributed by atoms with E-state index >= 15 is 0 Å². The molecule has 2 heterocycles. The third-order valence-corrected chi connectivity index (χ3v) is 5.73. The molecule has 1 aromatic heterocycles. The summed E-state index contributed by atoms with van der Waals surface area (Å²) in [5, 5.41) is 1.03. The van der Waals surface area contributed by atoms with Crippen molar-refractivity contribution in [3.63, 3.8) is 0 Å². The maximum absolute atomic E-state index is 12.8. The van der Waals surface area contributed by atoms with Gasteiger partial charge in [-0.1, -0.05) is 18.2 Å². The van der Waals surface area contributed by atoms with Gasteiger partial charge >= 0.3 is 0 Å². The number of benzene rings is 2. The molecule has 2 aromatic carbocycles. The number of amides is 1. The van der Waals surface area contributed by atoms with Crippen molar-refractivity contribution in [2.24, 2.45) is 0 Å². The zero-order chi connectivity index (χ0) is 19.7. The molecule has 1 saturated heterocycles. The predicted molar refractivity (Wildman–Crippen MR) is 111 cm³/mol. The number of nitrogens with zero attached hydrogens (tertiary/aromatic N) is 1. The van der Waals surface area contributed by atoms with Crippen molar-refractivity contribution in [1.29, 1.82) is 0 Å². The fraction of sp³-hybridized carbons (Fsp3) is 0.375. The minimum atomic E-state index is 0.160. The molecule has 4 heteroatoms. The van der Waals surface area contributed by atoms with Crippen molar-refractivity contribution in [3.05, 3.63) is 64.9 Å². The summed E-state index contributed by atoms with van der Waals surface area (Å²) >= 11 is 0. The van der Waals surface area contributed by atoms with Crippen LogP contribution in [0.2, 0.25) is 0 Å². The van der Waals surface area contributed by atoms with Gasteiger partial charge in [0.1, 0.15) is 17.4 Å². The van der Waals surface area contributed by atoms with Crippen LogP contribution in [0.4, 0.5) is 0 Å². The standard InChI is InChI=1S/C24H27NO3/c1-16-4-7-22-19(15-27-23(22)12-16)14-24(26)25-10-8-20(9-11-25)28-21-6-5-17(2)18(3)13-21/h4-7,12-13,15,20H,8-11,14H2,1-3H3. The van der Waals surface area contributed by atoms with Gasteiger partial charge in [-0.3, -0.25) is 4.79 Å². The van der Waals surface area contributed by atoms with Gasteiger partial charge in [0.25, 0.3) is 0 Å². The van der Waals surface area contributed by atoms with Gasteiger partial charge in [0.05, 0.1) is 12.7 Å². The first-order chi connectivity index (χ1) is 13.5. The average Bonchev–Trinajstić information content (AvgIpc) is 3.07. The Labute approximate surface area is 166 Å². The topological polar surface area (TPSA) is 42.7 Å². The largest absolute Gasteiger partial charge is 0.490 e. The van der Waals surface area contributed by atoms with E-state index in [4.69, 9.17) is 9.15 Å². The minimum Gasteiger partial charge on any atom is -0.490 e. The normalized spacial score (nSPS) is 15.2. The number of rotatable bonds is 4. The zero-order valence-electron chi connectivity index (χ0n) is 16.8. The highest BCUT2D eigenvalue weighted by Crippen LogP contribution is 2.25. The number of hydrogen-bond donors (Lipinski definition) is 0. The van der Waals surface area contributed by atoms with Crippen LogP contribution in [0.5, 0.6) is 5.75 Å². The highest BCUT2D eigenvalue weighted by atomic mass is 16.5. The monoisotopic (exact) mass is 377 g/mol. The molecule has 3 aromatic rings. The maximum atomic E-state index is 12.8. The molecule has 1 fully saturated rings. The Balaban J connectivity index is 1.34. The van der Waals surface area contributed by atoms with E-state index in [2.05, 4.69) is 32.0 Å². The molecule has 0 radical (unpaired) electrons. The van der Waals surface area contributed by atoms with Crippen LogP contribution in [0.3, 0.4) is 0 Å². The number of ether oxygens (including phenoxy) is 1. The summed E-state index contributed by atoms with van der Waals surface area (Å²) in [6, 6.07) is 12.3. The molecule has 4 nitrogen and oxygen atoms in total. The molecule has 1 aliphatic rings. The van der Waals surface area contributed by atoms with E-state index in [0.717, 1.165) is 53.8 Å². The van der Waals surface area contributed by atoms with Crippen LogP contribution in [0.15, 0.2) is 47.1 Å². The molecule has 0 aliphatic carbocycles. The van der Waals surface area contributed by atoms with E-state index in [1.807, 2.05) is 30.0 Å². The number of carbonyl (C=O) groups excluding carboxylic acids is 1. The predicted octanol–water partition coefficient (Wildman–Crippen LogP) is 4.97. The molecule has 0 atom stereocenters. The molecular formula is C24H27NO3. The van der Waals surface area contributed by atoms with E-state index < -0.39 is 0 Å². The van der Waals surface area contributed by atoms with Gasteiger partial charge in [-0.2, -0.15) is 0 Å². The lowest BCUT2D eigenvalue weighted by molar-refractivity contribution is -0.132. The smallest absolute Gasteiger partial charge is 0.227 e. The van der Waals surface area contributed by atoms with Crippen molar-refractivity contribution in [2.75, 3.05) is 13.1 Å². The van der Waals surface area contributed by atoms with Crippen molar-refractivity contribution < 1.29 is 13.9 Å². The number of aryl methyl sites for hydroxylation is 3. The Morgan fingerprint density at radius 3 is 2.61 bits per heavy atom. The van der Waals surface area contributed by atoms with Crippen molar-refractivity contribution in [2.45, 2.75) is 46.1 Å². The first-order valence-corrected chi connectivity index (χ1v) is 9.98. The highest BCUT2D eigenvalue weighted by molar-refractivity contribution is 5.88. The SMILES string of the molecule is Cc1ccc2c(CC(=O)N3CCC(Oc4ccc(C)c(C)c4)CC3)coc2c1. The lowest BCUT2D eigenvalue weighted by Crippen LogP contribution is -2.42. The van der Waals surface area contributed by atoms with E-state index in [1.54, 1.807) is 6.26 Å². The Kier molecular flexibility index (Phi) is 5.12. The second-order valence-electron chi connectivity index (χ2n) is 7.88. The molecule has 0 saturated carbocycles. The van der Waals surface area contributed by atoms with Gasteiger partial charge in [0.2, 0.25) is 5.91 Å². The van der Waals surface area contributed by atoms with Gasteiger partial charge in [-0.15, -0.1) is 0 Å². The van der Waals surface area contributed by atoms with Gasteiger partial charge in [0.15, 0.2) is 0 Å². The second-order valence-corrected chi connectivity index (χ2v) is 7.88. The molecule has 1 amide bonds. The molecule has 1 aliphatic heterocycles. The van der Waals surface area contributed by atoms with Crippen molar-refractivity contribution >= 4 is 16.9 Å². The van der Waals surface area contributed by atoms with E-state index in [0.29, 0.717) is 6.42 Å². The van der Waals surface area contributed by atoms with Crippen molar-refractivity contribution in [3.8, 4) is 5.75 Å². The first kappa shape index (κ1) is 18.6. The van der Waals surface area contributed by atoms with E-state index in [1.165, 1.54) is 11.1 Å². The summed E-state index contributed by atoms with van der Waals surface area (Å²) < 4.78 is 11.8. The first-order valence-electron chi connectivity index (χ1n) is 9.98. The molecule has 0 bridgehead atoms. The second kappa shape index (κ2) is 7.70. The van der Waals surface area contributed by atoms with Gasteiger partial charge in [-0.05, 0) is 55.7 Å². The van der Waals surface area contributed by atoms with E-state index in [-0.39, 0.29) is 12.0 Å². The Bertz CT molecular complexity index is 996. The van der Waals surface area contributed by atoms with Gasteiger partial charge in [-0.25, -0.2) is 0 Å². The molecule has 146 valence electrons. The van der Waals surface area contributed by atoms with Crippen LogP contribution in [-0.2, 0) is 11.2 Å². The summed E-state index contributed by atoms with van der Waals surface area (Å²) in [6.45, 7) is 7.72. The fourth-order valence-corrected chi connectivity index (χ4v) is 3.80. The molecule has 0 spiro atoms.